The van der Waals surface area contributed by atoms with E-state index in [-0.39, 0.29) is 24.0 Å². The van der Waals surface area contributed by atoms with Crippen molar-refractivity contribution in [1.29, 1.82) is 0 Å². The van der Waals surface area contributed by atoms with Gasteiger partial charge >= 0.3 is 0 Å². The third kappa shape index (κ3) is 6.78. The van der Waals surface area contributed by atoms with Gasteiger partial charge in [-0.3, -0.25) is 9.89 Å². The predicted molar refractivity (Wildman–Crippen MR) is 131 cm³/mol. The predicted octanol–water partition coefficient (Wildman–Crippen LogP) is 3.44. The zero-order valence-corrected chi connectivity index (χ0v) is 20.5. The van der Waals surface area contributed by atoms with Crippen molar-refractivity contribution >= 4 is 41.7 Å². The number of hydrogen-bond donors (Lipinski definition) is 2. The lowest BCUT2D eigenvalue weighted by molar-refractivity contribution is 0.0170. The van der Waals surface area contributed by atoms with Crippen molar-refractivity contribution in [2.75, 3.05) is 46.2 Å². The Hall–Kier alpha value is -0.510. The molecule has 3 atom stereocenters. The molecular formula is C21H35IN4OS. The highest BCUT2D eigenvalue weighted by atomic mass is 127. The van der Waals surface area contributed by atoms with Gasteiger partial charge in [-0.1, -0.05) is 29.8 Å². The number of morpholine rings is 1. The molecule has 1 saturated heterocycles. The summed E-state index contributed by atoms with van der Waals surface area (Å²) in [5.74, 6) is 0.924. The number of ether oxygens (including phenoxy) is 1. The molecule has 5 nitrogen and oxygen atoms in total. The highest BCUT2D eigenvalue weighted by Gasteiger charge is 2.26. The molecule has 158 valence electrons. The monoisotopic (exact) mass is 518 g/mol. The second-order valence-corrected chi connectivity index (χ2v) is 8.68. The number of rotatable bonds is 6. The fraction of sp³-hybridized carbons (Fsp3) is 0.667. The lowest BCUT2D eigenvalue weighted by Crippen LogP contribution is -2.48. The fourth-order valence-corrected chi connectivity index (χ4v) is 4.89. The zero-order valence-electron chi connectivity index (χ0n) is 17.3. The largest absolute Gasteiger partial charge is 0.379 e. The molecule has 1 aromatic carbocycles. The van der Waals surface area contributed by atoms with Crippen molar-refractivity contribution in [2.24, 2.45) is 4.99 Å². The first kappa shape index (κ1) is 23.8. The number of benzene rings is 1. The van der Waals surface area contributed by atoms with Crippen LogP contribution in [0.3, 0.4) is 0 Å². The van der Waals surface area contributed by atoms with Crippen LogP contribution in [0, 0.1) is 6.92 Å². The number of thioether (sulfide) groups is 1. The molecule has 1 saturated carbocycles. The van der Waals surface area contributed by atoms with Gasteiger partial charge in [0.2, 0.25) is 0 Å². The number of halogens is 1. The quantitative estimate of drug-likeness (QED) is 0.344. The number of nitrogens with zero attached hydrogens (tertiary/aromatic N) is 2. The van der Waals surface area contributed by atoms with Gasteiger partial charge in [0.25, 0.3) is 0 Å². The molecule has 7 heteroatoms. The van der Waals surface area contributed by atoms with Crippen molar-refractivity contribution in [3.8, 4) is 0 Å². The minimum absolute atomic E-state index is 0. The summed E-state index contributed by atoms with van der Waals surface area (Å²) in [6.45, 7) is 6.59. The van der Waals surface area contributed by atoms with Gasteiger partial charge in [0.15, 0.2) is 5.96 Å². The molecule has 28 heavy (non-hydrogen) atoms. The van der Waals surface area contributed by atoms with Gasteiger partial charge in [0.1, 0.15) is 0 Å². The van der Waals surface area contributed by atoms with E-state index in [0.29, 0.717) is 12.1 Å². The summed E-state index contributed by atoms with van der Waals surface area (Å²) < 4.78 is 5.57. The molecule has 0 spiro atoms. The molecule has 2 aliphatic rings. The highest BCUT2D eigenvalue weighted by Crippen LogP contribution is 2.28. The van der Waals surface area contributed by atoms with Gasteiger partial charge in [-0.2, -0.15) is 11.8 Å². The van der Waals surface area contributed by atoms with Crippen molar-refractivity contribution in [3.63, 3.8) is 0 Å². The average Bonchev–Trinajstić information content (AvgIpc) is 3.16. The van der Waals surface area contributed by atoms with Gasteiger partial charge in [-0.05, 0) is 38.0 Å². The van der Waals surface area contributed by atoms with E-state index in [2.05, 4.69) is 58.0 Å². The molecule has 1 aromatic rings. The molecule has 2 fully saturated rings. The topological polar surface area (TPSA) is 48.9 Å². The van der Waals surface area contributed by atoms with Gasteiger partial charge in [-0.15, -0.1) is 24.0 Å². The van der Waals surface area contributed by atoms with Crippen LogP contribution in [0.1, 0.15) is 36.4 Å². The number of aryl methyl sites for hydroxylation is 1. The number of aliphatic imine (C=N–C) groups is 1. The number of hydrogen-bond acceptors (Lipinski definition) is 4. The summed E-state index contributed by atoms with van der Waals surface area (Å²) in [7, 11) is 1.87. The van der Waals surface area contributed by atoms with Crippen LogP contribution in [0.2, 0.25) is 0 Å². The van der Waals surface area contributed by atoms with Crippen LogP contribution >= 0.6 is 35.7 Å². The first-order chi connectivity index (χ1) is 13.2. The molecule has 2 N–H and O–H groups in total. The minimum Gasteiger partial charge on any atom is -0.379 e. The summed E-state index contributed by atoms with van der Waals surface area (Å²) in [6, 6.07) is 9.73. The Kier molecular flexibility index (Phi) is 10.4. The molecular weight excluding hydrogens is 483 g/mol. The van der Waals surface area contributed by atoms with E-state index in [0.717, 1.165) is 44.1 Å². The van der Waals surface area contributed by atoms with E-state index in [9.17, 15) is 0 Å². The summed E-state index contributed by atoms with van der Waals surface area (Å²) >= 11 is 1.99. The average molecular weight is 519 g/mol. The molecule has 0 aromatic heterocycles. The van der Waals surface area contributed by atoms with Crippen LogP contribution in [0.15, 0.2) is 29.3 Å². The third-order valence-electron chi connectivity index (χ3n) is 5.66. The van der Waals surface area contributed by atoms with Gasteiger partial charge < -0.3 is 15.4 Å². The molecule has 3 rings (SSSR count). The maximum atomic E-state index is 5.57. The second kappa shape index (κ2) is 12.2. The normalized spacial score (nSPS) is 24.5. The van der Waals surface area contributed by atoms with Crippen molar-refractivity contribution in [3.05, 3.63) is 35.4 Å². The second-order valence-electron chi connectivity index (χ2n) is 7.54. The van der Waals surface area contributed by atoms with Crippen LogP contribution in [-0.4, -0.2) is 68.3 Å². The number of nitrogens with one attached hydrogen (secondary N) is 2. The van der Waals surface area contributed by atoms with Crippen molar-refractivity contribution < 1.29 is 4.74 Å². The lowest BCUT2D eigenvalue weighted by atomic mass is 10.0. The Morgan fingerprint density at radius 2 is 2.11 bits per heavy atom. The SMILES string of the molecule is CN=C(NCC(c1cccc(C)c1)N1CCOCC1)NC1CCC(SC)C1.I. The first-order valence-electron chi connectivity index (χ1n) is 10.1. The van der Waals surface area contributed by atoms with E-state index < -0.39 is 0 Å². The molecule has 3 unspecified atom stereocenters. The van der Waals surface area contributed by atoms with Crippen molar-refractivity contribution in [1.82, 2.24) is 15.5 Å². The maximum Gasteiger partial charge on any atom is 0.191 e. The van der Waals surface area contributed by atoms with Crippen molar-refractivity contribution in [2.45, 2.75) is 43.5 Å². The van der Waals surface area contributed by atoms with E-state index in [4.69, 9.17) is 4.74 Å². The standard InChI is InChI=1S/C21H34N4OS.HI/c1-16-5-4-6-17(13-16)20(25-9-11-26-12-10-25)15-23-21(22-2)24-18-7-8-19(14-18)27-3;/h4-6,13,18-20H,7-12,14-15H2,1-3H3,(H2,22,23,24);1H. The van der Waals surface area contributed by atoms with E-state index in [1.165, 1.54) is 30.4 Å². The van der Waals surface area contributed by atoms with Gasteiger partial charge in [0.05, 0.1) is 19.3 Å². The maximum absolute atomic E-state index is 5.57. The summed E-state index contributed by atoms with van der Waals surface area (Å²) in [5.41, 5.74) is 2.67. The first-order valence-corrected chi connectivity index (χ1v) is 11.4. The molecule has 1 aliphatic carbocycles. The van der Waals surface area contributed by atoms with E-state index in [1.807, 2.05) is 18.8 Å². The van der Waals surface area contributed by atoms with Crippen LogP contribution in [-0.2, 0) is 4.74 Å². The Morgan fingerprint density at radius 3 is 2.75 bits per heavy atom. The highest BCUT2D eigenvalue weighted by molar-refractivity contribution is 14.0. The lowest BCUT2D eigenvalue weighted by Gasteiger charge is -2.35. The molecule has 1 aliphatic heterocycles. The zero-order chi connectivity index (χ0) is 19.1. The Morgan fingerprint density at radius 1 is 1.32 bits per heavy atom. The van der Waals surface area contributed by atoms with Crippen LogP contribution in [0.4, 0.5) is 0 Å². The van der Waals surface area contributed by atoms with Crippen LogP contribution in [0.25, 0.3) is 0 Å². The number of guanidine groups is 1. The Balaban J connectivity index is 0.00000280. The van der Waals surface area contributed by atoms with Gasteiger partial charge in [-0.25, -0.2) is 0 Å². The summed E-state index contributed by atoms with van der Waals surface area (Å²) in [5, 5.41) is 8.01. The Labute approximate surface area is 191 Å². The van der Waals surface area contributed by atoms with E-state index in [1.54, 1.807) is 0 Å². The Bertz CT molecular complexity index is 624. The van der Waals surface area contributed by atoms with Gasteiger partial charge in [0, 0.05) is 38.0 Å². The molecule has 0 radical (unpaired) electrons. The molecule has 0 bridgehead atoms. The van der Waals surface area contributed by atoms with Crippen LogP contribution < -0.4 is 10.6 Å². The third-order valence-corrected chi connectivity index (χ3v) is 6.75. The fourth-order valence-electron chi connectivity index (χ4n) is 4.09. The summed E-state index contributed by atoms with van der Waals surface area (Å²) in [6.07, 6.45) is 5.98. The molecule has 1 heterocycles. The molecule has 0 amide bonds. The summed E-state index contributed by atoms with van der Waals surface area (Å²) in [4.78, 5) is 7.00. The minimum atomic E-state index is 0. The van der Waals surface area contributed by atoms with E-state index >= 15 is 0 Å². The van der Waals surface area contributed by atoms with Crippen LogP contribution in [0.5, 0.6) is 0 Å². The smallest absolute Gasteiger partial charge is 0.191 e.